The number of fused-ring (bicyclic) bond motifs is 1. The average Bonchev–Trinajstić information content (AvgIpc) is 3.28. The predicted molar refractivity (Wildman–Crippen MR) is 135 cm³/mol. The number of rotatable bonds is 5. The summed E-state index contributed by atoms with van der Waals surface area (Å²) in [6.45, 7) is 9.77. The Morgan fingerprint density at radius 1 is 1.11 bits per heavy atom. The van der Waals surface area contributed by atoms with Crippen molar-refractivity contribution in [2.45, 2.75) is 72.0 Å². The van der Waals surface area contributed by atoms with Crippen LogP contribution in [0.4, 0.5) is 18.0 Å². The molecular formula is C26H29ClF3N5O3. The predicted octanol–water partition coefficient (Wildman–Crippen LogP) is 6.47. The van der Waals surface area contributed by atoms with Crippen LogP contribution in [-0.2, 0) is 30.5 Å². The first-order chi connectivity index (χ1) is 17.7. The van der Waals surface area contributed by atoms with Gasteiger partial charge >= 0.3 is 12.3 Å². The van der Waals surface area contributed by atoms with Crippen LogP contribution in [0.1, 0.15) is 63.2 Å². The SMILES string of the molecule is CC(C)n1cc(C(F)(F)F)nc1-c1ccc(COc2nc(Cl)nc3c2CN(C(=O)OC(C)(C)C)CC3)cc1. The van der Waals surface area contributed by atoms with Gasteiger partial charge in [0, 0.05) is 30.8 Å². The molecule has 4 rings (SSSR count). The topological polar surface area (TPSA) is 82.4 Å². The molecule has 0 spiro atoms. The van der Waals surface area contributed by atoms with Crippen LogP contribution >= 0.6 is 11.6 Å². The largest absolute Gasteiger partial charge is 0.472 e. The fraction of sp³-hybridized carbons (Fsp3) is 0.462. The van der Waals surface area contributed by atoms with Crippen LogP contribution in [0.3, 0.4) is 0 Å². The lowest BCUT2D eigenvalue weighted by atomic mass is 10.1. The highest BCUT2D eigenvalue weighted by molar-refractivity contribution is 6.28. The van der Waals surface area contributed by atoms with Crippen molar-refractivity contribution in [2.24, 2.45) is 0 Å². The summed E-state index contributed by atoms with van der Waals surface area (Å²) < 4.78 is 52.7. The van der Waals surface area contributed by atoms with E-state index in [1.165, 1.54) is 4.57 Å². The lowest BCUT2D eigenvalue weighted by Crippen LogP contribution is -2.40. The smallest absolute Gasteiger partial charge is 0.434 e. The second kappa shape index (κ2) is 10.4. The van der Waals surface area contributed by atoms with Crippen molar-refractivity contribution in [3.05, 3.63) is 58.3 Å². The number of halogens is 4. The van der Waals surface area contributed by atoms with Crippen LogP contribution in [0.25, 0.3) is 11.4 Å². The first kappa shape index (κ1) is 27.7. The van der Waals surface area contributed by atoms with Crippen molar-refractivity contribution >= 4 is 17.7 Å². The Bertz CT molecular complexity index is 1320. The van der Waals surface area contributed by atoms with E-state index in [4.69, 9.17) is 21.1 Å². The monoisotopic (exact) mass is 551 g/mol. The number of alkyl halides is 3. The van der Waals surface area contributed by atoms with E-state index >= 15 is 0 Å². The van der Waals surface area contributed by atoms with Gasteiger partial charge in [0.05, 0.1) is 17.8 Å². The summed E-state index contributed by atoms with van der Waals surface area (Å²) in [4.78, 5) is 26.5. The van der Waals surface area contributed by atoms with Crippen LogP contribution in [0.15, 0.2) is 30.5 Å². The zero-order valence-corrected chi connectivity index (χ0v) is 22.5. The Morgan fingerprint density at radius 2 is 1.79 bits per heavy atom. The number of benzene rings is 1. The van der Waals surface area contributed by atoms with Crippen LogP contribution < -0.4 is 4.74 Å². The molecule has 0 atom stereocenters. The van der Waals surface area contributed by atoms with Crippen LogP contribution in [0, 0.1) is 0 Å². The highest BCUT2D eigenvalue weighted by Crippen LogP contribution is 2.33. The molecule has 3 aromatic rings. The minimum Gasteiger partial charge on any atom is -0.472 e. The number of carbonyl (C=O) groups excluding carboxylic acids is 1. The molecule has 1 aliphatic heterocycles. The molecule has 8 nitrogen and oxygen atoms in total. The molecule has 0 saturated heterocycles. The number of amides is 1. The van der Waals surface area contributed by atoms with E-state index < -0.39 is 23.6 Å². The van der Waals surface area contributed by atoms with Crippen molar-refractivity contribution in [1.29, 1.82) is 0 Å². The summed E-state index contributed by atoms with van der Waals surface area (Å²) in [6, 6.07) is 6.71. The van der Waals surface area contributed by atoms with Gasteiger partial charge in [0.15, 0.2) is 5.69 Å². The molecule has 0 radical (unpaired) electrons. The first-order valence-corrected chi connectivity index (χ1v) is 12.5. The number of carbonyl (C=O) groups is 1. The Morgan fingerprint density at radius 3 is 2.39 bits per heavy atom. The lowest BCUT2D eigenvalue weighted by molar-refractivity contribution is -0.140. The standard InChI is InChI=1S/C26H29ClF3N5O3/c1-15(2)35-13-20(26(28,29)30)32-21(35)17-8-6-16(7-9-17)14-37-22-18-12-34(24(36)38-25(3,4)5)11-10-19(18)31-23(27)33-22/h6-9,13,15H,10-12,14H2,1-5H3. The molecule has 3 heterocycles. The van der Waals surface area contributed by atoms with Crippen LogP contribution in [0.2, 0.25) is 5.28 Å². The highest BCUT2D eigenvalue weighted by Gasteiger charge is 2.35. The zero-order valence-electron chi connectivity index (χ0n) is 21.8. The fourth-order valence-electron chi connectivity index (χ4n) is 4.00. The molecule has 0 unspecified atom stereocenters. The molecule has 12 heteroatoms. The van der Waals surface area contributed by atoms with E-state index in [1.54, 1.807) is 63.8 Å². The molecule has 1 aromatic carbocycles. The van der Waals surface area contributed by atoms with E-state index in [-0.39, 0.29) is 36.2 Å². The summed E-state index contributed by atoms with van der Waals surface area (Å²) in [5.41, 5.74) is 1.11. The van der Waals surface area contributed by atoms with Crippen molar-refractivity contribution < 1.29 is 27.4 Å². The van der Waals surface area contributed by atoms with Crippen molar-refractivity contribution in [2.75, 3.05) is 6.54 Å². The Balaban J connectivity index is 1.51. The van der Waals surface area contributed by atoms with Gasteiger partial charge in [-0.05, 0) is 51.8 Å². The van der Waals surface area contributed by atoms with Gasteiger partial charge in [-0.1, -0.05) is 24.3 Å². The second-order valence-corrected chi connectivity index (χ2v) is 10.6. The minimum atomic E-state index is -4.53. The highest BCUT2D eigenvalue weighted by atomic mass is 35.5. The quantitative estimate of drug-likeness (QED) is 0.338. The number of ether oxygens (including phenoxy) is 2. The third kappa shape index (κ3) is 6.38. The van der Waals surface area contributed by atoms with E-state index in [0.29, 0.717) is 29.8 Å². The van der Waals surface area contributed by atoms with Gasteiger partial charge < -0.3 is 18.9 Å². The maximum Gasteiger partial charge on any atom is 0.434 e. The number of aromatic nitrogens is 4. The molecule has 0 saturated carbocycles. The van der Waals surface area contributed by atoms with E-state index in [2.05, 4.69) is 15.0 Å². The molecule has 0 aliphatic carbocycles. The molecule has 1 amide bonds. The summed E-state index contributed by atoms with van der Waals surface area (Å²) in [5.74, 6) is 0.501. The number of imidazole rings is 1. The van der Waals surface area contributed by atoms with Gasteiger partial charge in [-0.15, -0.1) is 0 Å². The third-order valence-electron chi connectivity index (χ3n) is 5.81. The molecule has 2 aromatic heterocycles. The van der Waals surface area contributed by atoms with Gasteiger partial charge in [0.2, 0.25) is 11.2 Å². The van der Waals surface area contributed by atoms with Gasteiger partial charge in [-0.25, -0.2) is 14.8 Å². The van der Waals surface area contributed by atoms with E-state index in [0.717, 1.165) is 11.8 Å². The van der Waals surface area contributed by atoms with Gasteiger partial charge in [-0.2, -0.15) is 18.2 Å². The molecule has 204 valence electrons. The summed E-state index contributed by atoms with van der Waals surface area (Å²) in [6.07, 6.45) is -3.46. The summed E-state index contributed by atoms with van der Waals surface area (Å²) >= 11 is 6.12. The van der Waals surface area contributed by atoms with Crippen molar-refractivity contribution in [3.63, 3.8) is 0 Å². The molecule has 0 bridgehead atoms. The maximum absolute atomic E-state index is 13.2. The van der Waals surface area contributed by atoms with Crippen molar-refractivity contribution in [1.82, 2.24) is 24.4 Å². The Kier molecular flexibility index (Phi) is 7.60. The molecule has 0 N–H and O–H groups in total. The number of hydrogen-bond acceptors (Lipinski definition) is 6. The summed E-state index contributed by atoms with van der Waals surface area (Å²) in [5, 5.41) is 0.0424. The fourth-order valence-corrected chi connectivity index (χ4v) is 4.17. The number of nitrogens with zero attached hydrogens (tertiary/aromatic N) is 5. The maximum atomic E-state index is 13.2. The van der Waals surface area contributed by atoms with Gasteiger partial charge in [0.1, 0.15) is 18.0 Å². The van der Waals surface area contributed by atoms with Crippen LogP contribution in [-0.4, -0.2) is 42.7 Å². The minimum absolute atomic E-state index is 0.0424. The van der Waals surface area contributed by atoms with Gasteiger partial charge in [0.25, 0.3) is 0 Å². The normalized spacial score (nSPS) is 14.0. The van der Waals surface area contributed by atoms with Gasteiger partial charge in [-0.3, -0.25) is 0 Å². The zero-order chi connectivity index (χ0) is 27.8. The molecule has 0 fully saturated rings. The van der Waals surface area contributed by atoms with E-state index in [9.17, 15) is 18.0 Å². The van der Waals surface area contributed by atoms with E-state index in [1.807, 2.05) is 0 Å². The second-order valence-electron chi connectivity index (χ2n) is 10.3. The summed E-state index contributed by atoms with van der Waals surface area (Å²) in [7, 11) is 0. The third-order valence-corrected chi connectivity index (χ3v) is 5.98. The Labute approximate surface area is 223 Å². The average molecular weight is 552 g/mol. The molecule has 1 aliphatic rings. The van der Waals surface area contributed by atoms with Crippen LogP contribution in [0.5, 0.6) is 5.88 Å². The lowest BCUT2D eigenvalue weighted by Gasteiger charge is -2.31. The first-order valence-electron chi connectivity index (χ1n) is 12.1. The van der Waals surface area contributed by atoms with Crippen molar-refractivity contribution in [3.8, 4) is 17.3 Å². The number of hydrogen-bond donors (Lipinski definition) is 0. The Hall–Kier alpha value is -3.34. The molecular weight excluding hydrogens is 523 g/mol. The molecule has 38 heavy (non-hydrogen) atoms.